The number of carbonyl (C=O) groups excluding carboxylic acids is 1. The van der Waals surface area contributed by atoms with Gasteiger partial charge in [-0.05, 0) is 74.2 Å². The second-order valence-electron chi connectivity index (χ2n) is 13.6. The predicted molar refractivity (Wildman–Crippen MR) is 205 cm³/mol. The molecule has 2 aliphatic heterocycles. The van der Waals surface area contributed by atoms with Crippen LogP contribution < -0.4 is 10.1 Å². The van der Waals surface area contributed by atoms with Crippen LogP contribution in [0.5, 0.6) is 5.75 Å². The summed E-state index contributed by atoms with van der Waals surface area (Å²) in [6, 6.07) is 18.8. The van der Waals surface area contributed by atoms with Gasteiger partial charge in [0.25, 0.3) is 0 Å². The maximum Gasteiger partial charge on any atom is 0.354 e. The Kier molecular flexibility index (Phi) is 9.78. The number of carbonyl (C=O) groups is 1. The molecule has 1 unspecified atom stereocenters. The third kappa shape index (κ3) is 6.38. The number of rotatable bonds is 2. The molecular formula is C40H43ClN6O4S. The molecule has 1 saturated heterocycles. The van der Waals surface area contributed by atoms with Crippen LogP contribution in [0.3, 0.4) is 0 Å². The van der Waals surface area contributed by atoms with Crippen LogP contribution in [0.15, 0.2) is 59.5 Å². The molecule has 12 heteroatoms. The Hall–Kier alpha value is -4.29. The Morgan fingerprint density at radius 2 is 1.87 bits per heavy atom. The zero-order valence-corrected chi connectivity index (χ0v) is 31.6. The molecule has 5 heterocycles. The monoisotopic (exact) mass is 738 g/mol. The number of hydrogen-bond donors (Lipinski definition) is 1. The van der Waals surface area contributed by atoms with Crippen LogP contribution in [0.25, 0.3) is 32.8 Å². The molecule has 0 aliphatic carbocycles. The van der Waals surface area contributed by atoms with Crippen molar-refractivity contribution in [2.45, 2.75) is 69.0 Å². The van der Waals surface area contributed by atoms with Crippen molar-refractivity contribution in [3.05, 3.63) is 93.7 Å². The molecule has 0 radical (unpaired) electrons. The summed E-state index contributed by atoms with van der Waals surface area (Å²) >= 11 is 8.96. The van der Waals surface area contributed by atoms with E-state index >= 15 is 0 Å². The van der Waals surface area contributed by atoms with Gasteiger partial charge >= 0.3 is 5.97 Å². The molecule has 1 atom stereocenters. The Morgan fingerprint density at radius 3 is 2.69 bits per heavy atom. The van der Waals surface area contributed by atoms with E-state index in [1.807, 2.05) is 46.2 Å². The van der Waals surface area contributed by atoms with Crippen LogP contribution in [0.1, 0.15) is 70.7 Å². The Morgan fingerprint density at radius 1 is 1.00 bits per heavy atom. The van der Waals surface area contributed by atoms with Crippen LogP contribution in [0.4, 0.5) is 0 Å². The molecule has 270 valence electrons. The van der Waals surface area contributed by atoms with Gasteiger partial charge in [-0.3, -0.25) is 4.68 Å². The Labute approximate surface area is 312 Å². The lowest BCUT2D eigenvalue weighted by Crippen LogP contribution is -2.20. The molecule has 8 bridgehead atoms. The van der Waals surface area contributed by atoms with Crippen molar-refractivity contribution in [3.8, 4) is 16.9 Å². The summed E-state index contributed by atoms with van der Waals surface area (Å²) in [6.45, 7) is 4.32. The first-order valence-corrected chi connectivity index (χ1v) is 19.3. The number of nitrogens with zero attached hydrogens (tertiary/aromatic N) is 5. The van der Waals surface area contributed by atoms with E-state index in [1.54, 1.807) is 11.8 Å². The predicted octanol–water partition coefficient (Wildman–Crippen LogP) is 8.28. The fraction of sp³-hybridized carbons (Fsp3) is 0.375. The molecular weight excluding hydrogens is 696 g/mol. The molecule has 1 fully saturated rings. The molecule has 6 aromatic rings. The number of methoxy groups -OCH3 is 1. The fourth-order valence-electron chi connectivity index (χ4n) is 7.81. The number of aromatic nitrogens is 5. The maximum absolute atomic E-state index is 13.5. The summed E-state index contributed by atoms with van der Waals surface area (Å²) in [6.07, 6.45) is 4.17. The second-order valence-corrected chi connectivity index (χ2v) is 15.1. The van der Waals surface area contributed by atoms with Gasteiger partial charge in [-0.1, -0.05) is 41.9 Å². The van der Waals surface area contributed by atoms with E-state index in [9.17, 15) is 4.79 Å². The van der Waals surface area contributed by atoms with E-state index in [1.165, 1.54) is 7.11 Å². The number of esters is 1. The van der Waals surface area contributed by atoms with Gasteiger partial charge in [-0.2, -0.15) is 10.2 Å². The summed E-state index contributed by atoms with van der Waals surface area (Å²) in [4.78, 5) is 14.6. The molecule has 0 saturated carbocycles. The van der Waals surface area contributed by atoms with Crippen molar-refractivity contribution >= 4 is 51.0 Å². The molecule has 52 heavy (non-hydrogen) atoms. The number of ether oxygens (including phenoxy) is 3. The van der Waals surface area contributed by atoms with E-state index in [4.69, 9.17) is 36.0 Å². The smallest absolute Gasteiger partial charge is 0.354 e. The van der Waals surface area contributed by atoms with E-state index < -0.39 is 0 Å². The lowest BCUT2D eigenvalue weighted by Gasteiger charge is -2.24. The van der Waals surface area contributed by atoms with Crippen molar-refractivity contribution < 1.29 is 19.0 Å². The van der Waals surface area contributed by atoms with E-state index in [2.05, 4.69) is 48.6 Å². The Balaban J connectivity index is 1.27. The molecule has 1 N–H and O–H groups in total. The van der Waals surface area contributed by atoms with E-state index in [0.717, 1.165) is 96.8 Å². The van der Waals surface area contributed by atoms with E-state index in [-0.39, 0.29) is 12.2 Å². The first-order chi connectivity index (χ1) is 25.3. The highest BCUT2D eigenvalue weighted by molar-refractivity contribution is 7.98. The van der Waals surface area contributed by atoms with Gasteiger partial charge in [0, 0.05) is 77.7 Å². The molecule has 0 amide bonds. The minimum absolute atomic E-state index is 0.153. The average molecular weight is 739 g/mol. The molecule has 2 aliphatic rings. The van der Waals surface area contributed by atoms with Gasteiger partial charge < -0.3 is 24.1 Å². The summed E-state index contributed by atoms with van der Waals surface area (Å²) in [5, 5.41) is 17.4. The first-order valence-electron chi connectivity index (χ1n) is 17.9. The highest BCUT2D eigenvalue weighted by Crippen LogP contribution is 2.43. The van der Waals surface area contributed by atoms with Crippen molar-refractivity contribution in [2.75, 3.05) is 20.3 Å². The number of nitrogens with one attached hydrogen (secondary N) is 1. The third-order valence-corrected chi connectivity index (χ3v) is 11.7. The minimum atomic E-state index is -0.387. The molecule has 3 aromatic carbocycles. The van der Waals surface area contributed by atoms with Crippen LogP contribution in [0.2, 0.25) is 5.02 Å². The Bertz CT molecular complexity index is 2300. The lowest BCUT2D eigenvalue weighted by atomic mass is 9.98. The standard InChI is InChI=1S/C40H43ClN6O4S/c1-24-36-33(44-47(24)35-13-7-8-16-51-35)22-42-21-26-19-27(46(3)43-26)23-52-28-18-25-10-5-6-11-29(25)34(20-28)50-17-9-12-30-31-14-15-32(41)37(36)38(31)45(2)39(30)40(48)49-4/h5-6,10-11,14-15,18-20,35,42H,7-9,12-13,16-17,21-23H2,1-4H3. The van der Waals surface area contributed by atoms with Crippen LogP contribution in [-0.2, 0) is 48.8 Å². The van der Waals surface area contributed by atoms with Gasteiger partial charge in [-0.15, -0.1) is 11.8 Å². The zero-order valence-electron chi connectivity index (χ0n) is 30.0. The highest BCUT2D eigenvalue weighted by atomic mass is 35.5. The fourth-order valence-corrected chi connectivity index (χ4v) is 9.05. The zero-order chi connectivity index (χ0) is 35.9. The first kappa shape index (κ1) is 34.8. The number of benzene rings is 3. The maximum atomic E-state index is 13.5. The summed E-state index contributed by atoms with van der Waals surface area (Å²) in [7, 11) is 5.35. The summed E-state index contributed by atoms with van der Waals surface area (Å²) < 4.78 is 24.1. The molecule has 3 aromatic heterocycles. The molecule has 10 nitrogen and oxygen atoms in total. The lowest BCUT2D eigenvalue weighted by molar-refractivity contribution is -0.0408. The van der Waals surface area contributed by atoms with Crippen LogP contribution in [0, 0.1) is 6.92 Å². The molecule has 0 spiro atoms. The van der Waals surface area contributed by atoms with Crippen molar-refractivity contribution in [1.29, 1.82) is 0 Å². The highest BCUT2D eigenvalue weighted by Gasteiger charge is 2.30. The number of fused-ring (bicyclic) bond motifs is 8. The normalized spacial score (nSPS) is 17.1. The largest absolute Gasteiger partial charge is 0.493 e. The third-order valence-electron chi connectivity index (χ3n) is 10.3. The van der Waals surface area contributed by atoms with Gasteiger partial charge in [0.15, 0.2) is 0 Å². The van der Waals surface area contributed by atoms with Gasteiger partial charge in [0.05, 0.1) is 35.6 Å². The number of thioether (sulfide) groups is 1. The van der Waals surface area contributed by atoms with Gasteiger partial charge in [-0.25, -0.2) is 9.48 Å². The van der Waals surface area contributed by atoms with E-state index in [0.29, 0.717) is 49.9 Å². The summed E-state index contributed by atoms with van der Waals surface area (Å²) in [5.41, 5.74) is 8.01. The second kappa shape index (κ2) is 14.6. The van der Waals surface area contributed by atoms with Gasteiger partial charge in [0.1, 0.15) is 17.7 Å². The van der Waals surface area contributed by atoms with Crippen LogP contribution in [-0.4, -0.2) is 50.4 Å². The van der Waals surface area contributed by atoms with Crippen molar-refractivity contribution in [3.63, 3.8) is 0 Å². The van der Waals surface area contributed by atoms with Crippen molar-refractivity contribution in [1.82, 2.24) is 29.4 Å². The van der Waals surface area contributed by atoms with Crippen LogP contribution >= 0.6 is 23.4 Å². The minimum Gasteiger partial charge on any atom is -0.493 e. The summed E-state index contributed by atoms with van der Waals surface area (Å²) in [5.74, 6) is 1.23. The number of halogens is 1. The number of aryl methyl sites for hydroxylation is 3. The SMILES string of the molecule is COC(=O)c1c2c3ccc(Cl)c(c3n1C)-c1c(nn(C3CCCCO3)c1C)CNCc1cc(n(C)n1)CSc1cc(c3ccccc3c1)OCCC2. The topological polar surface area (TPSA) is 97.4 Å². The average Bonchev–Trinajstić information content (AvgIpc) is 3.78. The van der Waals surface area contributed by atoms with Crippen molar-refractivity contribution in [2.24, 2.45) is 14.1 Å². The van der Waals surface area contributed by atoms with Gasteiger partial charge in [0.2, 0.25) is 0 Å². The quantitative estimate of drug-likeness (QED) is 0.177. The molecule has 8 rings (SSSR count). The number of hydrogen-bond acceptors (Lipinski definition) is 8.